The third-order valence-corrected chi connectivity index (χ3v) is 2.76. The molecule has 0 fully saturated rings. The largest absolute Gasteiger partial charge is 0.416 e. The highest BCUT2D eigenvalue weighted by atomic mass is 35.5. The highest BCUT2D eigenvalue weighted by Crippen LogP contribution is 2.36. The number of H-pyrrole nitrogens is 1. The standard InChI is InChI=1S/C12H6ClF3N2/c13-10-2-1-8(12(14,15)16)5-9(10)11-7(6-17)3-4-18-11/h1-5,18H. The van der Waals surface area contributed by atoms with Crippen LogP contribution in [0, 0.1) is 11.3 Å². The Hall–Kier alpha value is -1.93. The summed E-state index contributed by atoms with van der Waals surface area (Å²) in [5.41, 5.74) is -0.113. The van der Waals surface area contributed by atoms with E-state index in [2.05, 4.69) is 4.98 Å². The molecule has 6 heteroatoms. The van der Waals surface area contributed by atoms with E-state index in [1.165, 1.54) is 18.3 Å². The van der Waals surface area contributed by atoms with Crippen LogP contribution in [0.5, 0.6) is 0 Å². The molecular weight excluding hydrogens is 265 g/mol. The number of hydrogen-bond donors (Lipinski definition) is 1. The molecule has 0 bridgehead atoms. The Kier molecular flexibility index (Phi) is 3.05. The number of hydrogen-bond acceptors (Lipinski definition) is 1. The number of benzene rings is 1. The maximum Gasteiger partial charge on any atom is 0.416 e. The average Bonchev–Trinajstić information content (AvgIpc) is 2.76. The van der Waals surface area contributed by atoms with E-state index in [4.69, 9.17) is 16.9 Å². The lowest BCUT2D eigenvalue weighted by Crippen LogP contribution is -2.04. The molecule has 0 aliphatic carbocycles. The van der Waals surface area contributed by atoms with Gasteiger partial charge in [-0.05, 0) is 24.3 Å². The molecule has 0 aliphatic heterocycles. The number of aromatic amines is 1. The number of nitrogens with one attached hydrogen (secondary N) is 1. The molecule has 1 N–H and O–H groups in total. The molecule has 0 spiro atoms. The van der Waals surface area contributed by atoms with Gasteiger partial charge in [0, 0.05) is 16.8 Å². The van der Waals surface area contributed by atoms with Gasteiger partial charge in [0.15, 0.2) is 0 Å². The molecule has 2 aromatic rings. The third kappa shape index (κ3) is 2.20. The molecule has 0 aliphatic rings. The zero-order valence-corrected chi connectivity index (χ0v) is 9.60. The molecule has 0 atom stereocenters. The minimum Gasteiger partial charge on any atom is -0.360 e. The molecule has 2 nitrogen and oxygen atoms in total. The van der Waals surface area contributed by atoms with Crippen LogP contribution in [0.2, 0.25) is 5.02 Å². The predicted octanol–water partition coefficient (Wildman–Crippen LogP) is 4.23. The summed E-state index contributed by atoms with van der Waals surface area (Å²) in [4.78, 5) is 2.72. The molecule has 0 amide bonds. The Morgan fingerprint density at radius 2 is 1.94 bits per heavy atom. The Morgan fingerprint density at radius 3 is 2.56 bits per heavy atom. The minimum atomic E-state index is -4.45. The Labute approximate surface area is 106 Å². The second-order valence-corrected chi connectivity index (χ2v) is 3.98. The summed E-state index contributed by atoms with van der Waals surface area (Å²) in [6.45, 7) is 0. The fourth-order valence-electron chi connectivity index (χ4n) is 1.58. The van der Waals surface area contributed by atoms with Crippen molar-refractivity contribution in [2.75, 3.05) is 0 Å². The van der Waals surface area contributed by atoms with Crippen molar-refractivity contribution in [1.29, 1.82) is 5.26 Å². The zero-order valence-electron chi connectivity index (χ0n) is 8.85. The molecule has 1 heterocycles. The highest BCUT2D eigenvalue weighted by molar-refractivity contribution is 6.33. The molecule has 92 valence electrons. The van der Waals surface area contributed by atoms with Crippen LogP contribution in [0.1, 0.15) is 11.1 Å². The summed E-state index contributed by atoms with van der Waals surface area (Å²) < 4.78 is 37.8. The van der Waals surface area contributed by atoms with E-state index in [-0.39, 0.29) is 21.8 Å². The van der Waals surface area contributed by atoms with Gasteiger partial charge in [-0.25, -0.2) is 0 Å². The minimum absolute atomic E-state index is 0.155. The van der Waals surface area contributed by atoms with E-state index in [0.29, 0.717) is 0 Å². The van der Waals surface area contributed by atoms with Crippen LogP contribution < -0.4 is 0 Å². The normalized spacial score (nSPS) is 11.3. The van der Waals surface area contributed by atoms with Crippen molar-refractivity contribution >= 4 is 11.6 Å². The molecule has 2 rings (SSSR count). The summed E-state index contributed by atoms with van der Waals surface area (Å²) >= 11 is 5.87. The molecule has 0 saturated carbocycles. The maximum atomic E-state index is 12.6. The van der Waals surface area contributed by atoms with E-state index < -0.39 is 11.7 Å². The van der Waals surface area contributed by atoms with Crippen LogP contribution in [0.15, 0.2) is 30.5 Å². The van der Waals surface area contributed by atoms with Crippen molar-refractivity contribution in [1.82, 2.24) is 4.98 Å². The van der Waals surface area contributed by atoms with Crippen molar-refractivity contribution in [3.8, 4) is 17.3 Å². The first-order valence-corrected chi connectivity index (χ1v) is 5.26. The Bertz CT molecular complexity index is 623. The summed E-state index contributed by atoms with van der Waals surface area (Å²) in [6, 6.07) is 6.36. The van der Waals surface area contributed by atoms with Crippen LogP contribution >= 0.6 is 11.6 Å². The second-order valence-electron chi connectivity index (χ2n) is 3.57. The number of rotatable bonds is 1. The Morgan fingerprint density at radius 1 is 1.22 bits per heavy atom. The monoisotopic (exact) mass is 270 g/mol. The average molecular weight is 271 g/mol. The van der Waals surface area contributed by atoms with Crippen molar-refractivity contribution < 1.29 is 13.2 Å². The number of halogens is 4. The lowest BCUT2D eigenvalue weighted by Gasteiger charge is -2.10. The van der Waals surface area contributed by atoms with Gasteiger partial charge in [0.1, 0.15) is 6.07 Å². The molecule has 1 aromatic carbocycles. The fraction of sp³-hybridized carbons (Fsp3) is 0.0833. The summed E-state index contributed by atoms with van der Waals surface area (Å²) in [5, 5.41) is 9.01. The summed E-state index contributed by atoms with van der Waals surface area (Å²) in [7, 11) is 0. The fourth-order valence-corrected chi connectivity index (χ4v) is 1.79. The van der Waals surface area contributed by atoms with Gasteiger partial charge in [0.05, 0.1) is 16.8 Å². The third-order valence-electron chi connectivity index (χ3n) is 2.43. The first kappa shape index (κ1) is 12.5. The molecule has 0 radical (unpaired) electrons. The van der Waals surface area contributed by atoms with Crippen molar-refractivity contribution in [2.24, 2.45) is 0 Å². The van der Waals surface area contributed by atoms with Gasteiger partial charge in [0.2, 0.25) is 0 Å². The van der Waals surface area contributed by atoms with Gasteiger partial charge in [0.25, 0.3) is 0 Å². The zero-order chi connectivity index (χ0) is 13.3. The second kappa shape index (κ2) is 4.39. The van der Waals surface area contributed by atoms with Gasteiger partial charge < -0.3 is 4.98 Å². The van der Waals surface area contributed by atoms with Gasteiger partial charge in [-0.3, -0.25) is 0 Å². The van der Waals surface area contributed by atoms with Gasteiger partial charge >= 0.3 is 6.18 Å². The number of nitrogens with zero attached hydrogens (tertiary/aromatic N) is 1. The molecule has 1 aromatic heterocycles. The van der Waals surface area contributed by atoms with E-state index in [0.717, 1.165) is 12.1 Å². The Balaban J connectivity index is 2.62. The van der Waals surface area contributed by atoms with Crippen LogP contribution in [-0.4, -0.2) is 4.98 Å². The lowest BCUT2D eigenvalue weighted by atomic mass is 10.1. The van der Waals surface area contributed by atoms with E-state index in [1.807, 2.05) is 6.07 Å². The van der Waals surface area contributed by atoms with Crippen LogP contribution in [0.25, 0.3) is 11.3 Å². The van der Waals surface area contributed by atoms with E-state index in [1.54, 1.807) is 0 Å². The van der Waals surface area contributed by atoms with Gasteiger partial charge in [-0.1, -0.05) is 11.6 Å². The van der Waals surface area contributed by atoms with Crippen LogP contribution in [-0.2, 0) is 6.18 Å². The molecule has 0 unspecified atom stereocenters. The SMILES string of the molecule is N#Cc1cc[nH]c1-c1cc(C(F)(F)F)ccc1Cl. The highest BCUT2D eigenvalue weighted by Gasteiger charge is 2.31. The molecule has 18 heavy (non-hydrogen) atoms. The molecular formula is C12H6ClF3N2. The first-order valence-electron chi connectivity index (χ1n) is 4.88. The number of aromatic nitrogens is 1. The summed E-state index contributed by atoms with van der Waals surface area (Å²) in [6.07, 6.45) is -2.97. The number of alkyl halides is 3. The van der Waals surface area contributed by atoms with Gasteiger partial charge in [-0.15, -0.1) is 0 Å². The van der Waals surface area contributed by atoms with E-state index in [9.17, 15) is 13.2 Å². The molecule has 0 saturated heterocycles. The maximum absolute atomic E-state index is 12.6. The van der Waals surface area contributed by atoms with E-state index >= 15 is 0 Å². The lowest BCUT2D eigenvalue weighted by molar-refractivity contribution is -0.137. The number of nitriles is 1. The summed E-state index contributed by atoms with van der Waals surface area (Å²) in [5.74, 6) is 0. The quantitative estimate of drug-likeness (QED) is 0.828. The smallest absolute Gasteiger partial charge is 0.360 e. The first-order chi connectivity index (χ1) is 8.43. The van der Waals surface area contributed by atoms with Crippen molar-refractivity contribution in [3.05, 3.63) is 46.6 Å². The van der Waals surface area contributed by atoms with Crippen molar-refractivity contribution in [3.63, 3.8) is 0 Å². The van der Waals surface area contributed by atoms with Crippen molar-refractivity contribution in [2.45, 2.75) is 6.18 Å². The van der Waals surface area contributed by atoms with Crippen LogP contribution in [0.3, 0.4) is 0 Å². The predicted molar refractivity (Wildman–Crippen MR) is 61.0 cm³/mol. The van der Waals surface area contributed by atoms with Gasteiger partial charge in [-0.2, -0.15) is 18.4 Å². The van der Waals surface area contributed by atoms with Crippen LogP contribution in [0.4, 0.5) is 13.2 Å². The topological polar surface area (TPSA) is 39.6 Å².